The molecule has 1 aliphatic rings. The predicted molar refractivity (Wildman–Crippen MR) is 181 cm³/mol. The molecule has 4 atom stereocenters. The van der Waals surface area contributed by atoms with E-state index < -0.39 is 32.3 Å². The Morgan fingerprint density at radius 3 is 2.20 bits per heavy atom. The molecule has 2 unspecified atom stereocenters. The number of nitrogens with one attached hydrogen (secondary N) is 2. The van der Waals surface area contributed by atoms with Crippen molar-refractivity contribution in [2.45, 2.75) is 90.3 Å². The number of aliphatic hydroxyl groups is 1. The van der Waals surface area contributed by atoms with Crippen molar-refractivity contribution < 1.29 is 19.1 Å². The Bertz CT molecular complexity index is 1640. The SMILES string of the molecule is CC(C)C(=O)Nc1nc2c(ncn2[C@@H]2O[C@H](CO)C(N(Cc3ccccc3)Cc3ccccc3)C2O[Si](C)(C)C(C)(C)C)c(=O)[nH]1. The molecular weight excluding hydrogens is 600 g/mol. The van der Waals surface area contributed by atoms with Crippen LogP contribution in [-0.4, -0.2) is 68.6 Å². The fourth-order valence-corrected chi connectivity index (χ4v) is 6.80. The number of carbonyl (C=O) groups excluding carboxylic acids is 1. The Morgan fingerprint density at radius 2 is 1.67 bits per heavy atom. The molecule has 46 heavy (non-hydrogen) atoms. The van der Waals surface area contributed by atoms with E-state index in [1.165, 1.54) is 6.33 Å². The number of hydrogen-bond donors (Lipinski definition) is 3. The lowest BCUT2D eigenvalue weighted by Gasteiger charge is -2.43. The number of ether oxygens (including phenoxy) is 1. The van der Waals surface area contributed by atoms with E-state index in [1.807, 2.05) is 36.4 Å². The van der Waals surface area contributed by atoms with Crippen molar-refractivity contribution in [2.75, 3.05) is 11.9 Å². The first-order chi connectivity index (χ1) is 21.8. The summed E-state index contributed by atoms with van der Waals surface area (Å²) in [5.41, 5.74) is 2.14. The van der Waals surface area contributed by atoms with Crippen LogP contribution in [0.1, 0.15) is 52.0 Å². The first-order valence-corrected chi connectivity index (χ1v) is 18.7. The maximum atomic E-state index is 13.1. The van der Waals surface area contributed by atoms with E-state index in [2.05, 4.69) is 83.3 Å². The summed E-state index contributed by atoms with van der Waals surface area (Å²) in [6.07, 6.45) is -0.411. The van der Waals surface area contributed by atoms with Crippen molar-refractivity contribution >= 4 is 31.3 Å². The van der Waals surface area contributed by atoms with Gasteiger partial charge in [0.2, 0.25) is 11.9 Å². The number of amides is 1. The van der Waals surface area contributed by atoms with Crippen LogP contribution < -0.4 is 10.9 Å². The molecule has 12 heteroatoms. The predicted octanol–water partition coefficient (Wildman–Crippen LogP) is 5.07. The van der Waals surface area contributed by atoms with Crippen LogP contribution in [0.25, 0.3) is 11.2 Å². The van der Waals surface area contributed by atoms with Crippen LogP contribution in [0.3, 0.4) is 0 Å². The number of fused-ring (bicyclic) bond motifs is 1. The second-order valence-corrected chi connectivity index (χ2v) is 18.6. The van der Waals surface area contributed by atoms with Crippen molar-refractivity contribution in [3.63, 3.8) is 0 Å². The summed E-state index contributed by atoms with van der Waals surface area (Å²) in [7, 11) is -2.43. The summed E-state index contributed by atoms with van der Waals surface area (Å²) in [5, 5.41) is 13.4. The number of nitrogens with zero attached hydrogens (tertiary/aromatic N) is 4. The van der Waals surface area contributed by atoms with E-state index in [0.717, 1.165) is 11.1 Å². The Hall–Kier alpha value is -3.68. The maximum Gasteiger partial charge on any atom is 0.280 e. The Kier molecular flexibility index (Phi) is 9.94. The summed E-state index contributed by atoms with van der Waals surface area (Å²) in [6.45, 7) is 15.4. The third-order valence-corrected chi connectivity index (χ3v) is 13.6. The second kappa shape index (κ2) is 13.6. The van der Waals surface area contributed by atoms with Crippen LogP contribution in [0, 0.1) is 5.92 Å². The molecule has 1 aliphatic heterocycles. The van der Waals surface area contributed by atoms with Crippen LogP contribution in [0.15, 0.2) is 71.8 Å². The molecule has 3 N–H and O–H groups in total. The van der Waals surface area contributed by atoms with Crippen molar-refractivity contribution in [2.24, 2.45) is 5.92 Å². The minimum absolute atomic E-state index is 0.0304. The summed E-state index contributed by atoms with van der Waals surface area (Å²) in [5.74, 6) is -0.553. The lowest BCUT2D eigenvalue weighted by molar-refractivity contribution is -0.118. The Balaban J connectivity index is 1.63. The van der Waals surface area contributed by atoms with Gasteiger partial charge >= 0.3 is 0 Å². The molecule has 4 aromatic rings. The Labute approximate surface area is 271 Å². The number of aliphatic hydroxyl groups excluding tert-OH is 1. The fourth-order valence-electron chi connectivity index (χ4n) is 5.52. The van der Waals surface area contributed by atoms with Crippen molar-refractivity contribution in [3.8, 4) is 0 Å². The molecule has 246 valence electrons. The number of hydrogen-bond acceptors (Lipinski definition) is 8. The molecule has 11 nitrogen and oxygen atoms in total. The monoisotopic (exact) mass is 646 g/mol. The average Bonchev–Trinajstić information content (AvgIpc) is 3.58. The van der Waals surface area contributed by atoms with Crippen molar-refractivity contribution in [1.29, 1.82) is 0 Å². The molecule has 1 fully saturated rings. The molecule has 0 saturated carbocycles. The first kappa shape index (κ1) is 33.7. The zero-order chi connectivity index (χ0) is 33.2. The number of aromatic amines is 1. The topological polar surface area (TPSA) is 135 Å². The van der Waals surface area contributed by atoms with Gasteiger partial charge in [-0.05, 0) is 29.3 Å². The molecule has 0 aliphatic carbocycles. The quantitative estimate of drug-likeness (QED) is 0.193. The van der Waals surface area contributed by atoms with Gasteiger partial charge < -0.3 is 14.3 Å². The highest BCUT2D eigenvalue weighted by molar-refractivity contribution is 6.74. The molecule has 3 heterocycles. The Morgan fingerprint density at radius 1 is 1.09 bits per heavy atom. The smallest absolute Gasteiger partial charge is 0.280 e. The van der Waals surface area contributed by atoms with Crippen LogP contribution >= 0.6 is 0 Å². The zero-order valence-corrected chi connectivity index (χ0v) is 28.7. The van der Waals surface area contributed by atoms with Gasteiger partial charge in [0.25, 0.3) is 5.56 Å². The highest BCUT2D eigenvalue weighted by Crippen LogP contribution is 2.44. The minimum atomic E-state index is -2.43. The maximum absolute atomic E-state index is 13.1. The standard InChI is InChI=1S/C34H46N6O5Si/c1-22(2)30(42)37-33-36-29-26(31(43)38-33)35-21-40(29)32-28(45-46(6,7)34(3,4)5)27(25(20-41)44-32)39(18-23-14-10-8-11-15-23)19-24-16-12-9-13-17-24/h8-17,21-22,25,27-28,32,41H,18-20H2,1-7H3,(H2,36,37,38,42,43)/t25-,27?,28?,32-/m1/s1. The average molecular weight is 647 g/mol. The summed E-state index contributed by atoms with van der Waals surface area (Å²) < 4.78 is 15.6. The normalized spacial score (nSPS) is 20.6. The van der Waals surface area contributed by atoms with Crippen LogP contribution in [0.5, 0.6) is 0 Å². The van der Waals surface area contributed by atoms with Gasteiger partial charge in [0, 0.05) is 19.0 Å². The highest BCUT2D eigenvalue weighted by Gasteiger charge is 2.53. The van der Waals surface area contributed by atoms with Gasteiger partial charge in [0.1, 0.15) is 12.2 Å². The largest absolute Gasteiger partial charge is 0.408 e. The summed E-state index contributed by atoms with van der Waals surface area (Å²) in [6, 6.07) is 20.1. The number of aromatic nitrogens is 4. The van der Waals surface area contributed by atoms with Gasteiger partial charge in [0.05, 0.1) is 19.0 Å². The number of benzene rings is 2. The van der Waals surface area contributed by atoms with Gasteiger partial charge in [-0.15, -0.1) is 0 Å². The fraction of sp³-hybridized carbons (Fsp3) is 0.471. The van der Waals surface area contributed by atoms with Crippen LogP contribution in [0.2, 0.25) is 18.1 Å². The number of imidazole rings is 1. The lowest BCUT2D eigenvalue weighted by atomic mass is 10.0. The number of H-pyrrole nitrogens is 1. The number of carbonyl (C=O) groups is 1. The van der Waals surface area contributed by atoms with Gasteiger partial charge in [-0.1, -0.05) is 95.3 Å². The molecular formula is C34H46N6O5Si. The molecule has 1 saturated heterocycles. The second-order valence-electron chi connectivity index (χ2n) is 13.8. The van der Waals surface area contributed by atoms with Crippen LogP contribution in [0.4, 0.5) is 5.95 Å². The summed E-state index contributed by atoms with van der Waals surface area (Å²) >= 11 is 0. The molecule has 5 rings (SSSR count). The molecule has 0 radical (unpaired) electrons. The van der Waals surface area contributed by atoms with E-state index in [-0.39, 0.29) is 46.6 Å². The third-order valence-electron chi connectivity index (χ3n) is 9.08. The minimum Gasteiger partial charge on any atom is -0.408 e. The van der Waals surface area contributed by atoms with E-state index >= 15 is 0 Å². The van der Waals surface area contributed by atoms with Crippen LogP contribution in [-0.2, 0) is 27.0 Å². The van der Waals surface area contributed by atoms with Gasteiger partial charge in [-0.2, -0.15) is 4.98 Å². The highest BCUT2D eigenvalue weighted by atomic mass is 28.4. The molecule has 0 spiro atoms. The number of rotatable bonds is 11. The van der Waals surface area contributed by atoms with E-state index in [9.17, 15) is 14.7 Å². The summed E-state index contributed by atoms with van der Waals surface area (Å²) in [4.78, 5) is 39.5. The number of anilines is 1. The van der Waals surface area contributed by atoms with Crippen molar-refractivity contribution in [1.82, 2.24) is 24.4 Å². The zero-order valence-electron chi connectivity index (χ0n) is 27.7. The molecule has 2 aromatic heterocycles. The first-order valence-electron chi connectivity index (χ1n) is 15.8. The van der Waals surface area contributed by atoms with E-state index in [1.54, 1.807) is 18.4 Å². The van der Waals surface area contributed by atoms with E-state index in [0.29, 0.717) is 13.1 Å². The lowest BCUT2D eigenvalue weighted by Crippen LogP contribution is -2.54. The van der Waals surface area contributed by atoms with Crippen molar-refractivity contribution in [3.05, 3.63) is 88.5 Å². The molecule has 0 bridgehead atoms. The third kappa shape index (κ3) is 7.16. The van der Waals surface area contributed by atoms with Gasteiger partial charge in [-0.3, -0.25) is 29.4 Å². The molecule has 2 aromatic carbocycles. The van der Waals surface area contributed by atoms with Gasteiger partial charge in [0.15, 0.2) is 25.7 Å². The van der Waals surface area contributed by atoms with E-state index in [4.69, 9.17) is 9.16 Å². The molecule has 1 amide bonds. The van der Waals surface area contributed by atoms with Gasteiger partial charge in [-0.25, -0.2) is 4.98 Å².